The molecule has 1 atom stereocenters. The molecule has 33 heavy (non-hydrogen) atoms. The standard InChI is InChI=1S/C26H22ClN3O3/c1-32-22-13-18(9-12-21(22)33-15-16-7-10-19(27)11-8-16)20-14-23(31)28-26-24(20)25(29-30-26)17-5-3-2-4-6-17/h2-13,20H,14-15H2,1H3,(H2,28,29,30,31). The largest absolute Gasteiger partial charge is 0.493 e. The smallest absolute Gasteiger partial charge is 0.226 e. The Kier molecular flexibility index (Phi) is 5.75. The highest BCUT2D eigenvalue weighted by molar-refractivity contribution is 6.30. The number of halogens is 1. The zero-order valence-corrected chi connectivity index (χ0v) is 18.7. The van der Waals surface area contributed by atoms with Crippen LogP contribution in [0.5, 0.6) is 11.5 Å². The number of benzene rings is 3. The first-order chi connectivity index (χ1) is 16.1. The maximum Gasteiger partial charge on any atom is 0.226 e. The molecule has 7 heteroatoms. The molecule has 0 spiro atoms. The molecule has 0 radical (unpaired) electrons. The van der Waals surface area contributed by atoms with E-state index in [0.717, 1.165) is 27.9 Å². The van der Waals surface area contributed by atoms with Crippen molar-refractivity contribution in [3.63, 3.8) is 0 Å². The van der Waals surface area contributed by atoms with Gasteiger partial charge < -0.3 is 14.8 Å². The quantitative estimate of drug-likeness (QED) is 0.382. The van der Waals surface area contributed by atoms with Gasteiger partial charge >= 0.3 is 0 Å². The van der Waals surface area contributed by atoms with Crippen LogP contribution < -0.4 is 14.8 Å². The molecule has 0 saturated heterocycles. The van der Waals surface area contributed by atoms with Crippen molar-refractivity contribution >= 4 is 23.3 Å². The van der Waals surface area contributed by atoms with E-state index in [2.05, 4.69) is 15.5 Å². The van der Waals surface area contributed by atoms with Crippen LogP contribution in [0, 0.1) is 0 Å². The first kappa shape index (κ1) is 21.1. The maximum absolute atomic E-state index is 12.4. The SMILES string of the molecule is COc1cc(C2CC(=O)Nc3n[nH]c(-c4ccccc4)c32)ccc1OCc1ccc(Cl)cc1. The second-order valence-corrected chi connectivity index (χ2v) is 8.29. The summed E-state index contributed by atoms with van der Waals surface area (Å²) in [5, 5.41) is 11.0. The van der Waals surface area contributed by atoms with E-state index in [4.69, 9.17) is 21.1 Å². The number of nitrogens with one attached hydrogen (secondary N) is 2. The van der Waals surface area contributed by atoms with Crippen LogP contribution >= 0.6 is 11.6 Å². The molecule has 0 aliphatic carbocycles. The van der Waals surface area contributed by atoms with Gasteiger partial charge in [-0.3, -0.25) is 9.89 Å². The summed E-state index contributed by atoms with van der Waals surface area (Å²) >= 11 is 5.96. The fourth-order valence-corrected chi connectivity index (χ4v) is 4.25. The number of hydrogen-bond donors (Lipinski definition) is 2. The Labute approximate surface area is 196 Å². The van der Waals surface area contributed by atoms with E-state index in [0.29, 0.717) is 35.4 Å². The van der Waals surface area contributed by atoms with E-state index in [1.165, 1.54) is 0 Å². The molecular weight excluding hydrogens is 438 g/mol. The Morgan fingerprint density at radius 3 is 2.58 bits per heavy atom. The van der Waals surface area contributed by atoms with Gasteiger partial charge in [-0.1, -0.05) is 60.1 Å². The number of nitrogens with zero attached hydrogens (tertiary/aromatic N) is 1. The van der Waals surface area contributed by atoms with E-state index >= 15 is 0 Å². The van der Waals surface area contributed by atoms with Gasteiger partial charge in [-0.15, -0.1) is 0 Å². The minimum Gasteiger partial charge on any atom is -0.493 e. The molecule has 0 fully saturated rings. The summed E-state index contributed by atoms with van der Waals surface area (Å²) in [6.45, 7) is 0.392. The van der Waals surface area contributed by atoms with Crippen LogP contribution in [-0.2, 0) is 11.4 Å². The van der Waals surface area contributed by atoms with E-state index in [-0.39, 0.29) is 11.8 Å². The number of H-pyrrole nitrogens is 1. The summed E-state index contributed by atoms with van der Waals surface area (Å²) in [7, 11) is 1.61. The van der Waals surface area contributed by atoms with Crippen molar-refractivity contribution in [1.29, 1.82) is 0 Å². The molecule has 1 amide bonds. The molecule has 6 nitrogen and oxygen atoms in total. The number of methoxy groups -OCH3 is 1. The fraction of sp³-hybridized carbons (Fsp3) is 0.154. The molecule has 0 bridgehead atoms. The average molecular weight is 460 g/mol. The second-order valence-electron chi connectivity index (χ2n) is 7.86. The number of anilines is 1. The molecule has 166 valence electrons. The molecule has 2 N–H and O–H groups in total. The average Bonchev–Trinajstić information content (AvgIpc) is 3.27. The van der Waals surface area contributed by atoms with Gasteiger partial charge in [-0.05, 0) is 41.0 Å². The van der Waals surface area contributed by atoms with Crippen molar-refractivity contribution in [2.45, 2.75) is 18.9 Å². The van der Waals surface area contributed by atoms with Crippen LogP contribution in [-0.4, -0.2) is 23.2 Å². The van der Waals surface area contributed by atoms with Crippen LogP contribution in [0.3, 0.4) is 0 Å². The number of aromatic nitrogens is 2. The number of aromatic amines is 1. The first-order valence-corrected chi connectivity index (χ1v) is 11.0. The number of rotatable bonds is 6. The Morgan fingerprint density at radius 1 is 1.03 bits per heavy atom. The summed E-state index contributed by atoms with van der Waals surface area (Å²) in [5.74, 6) is 1.57. The lowest BCUT2D eigenvalue weighted by Crippen LogP contribution is -2.23. The van der Waals surface area contributed by atoms with Crippen LogP contribution in [0.1, 0.15) is 29.0 Å². The van der Waals surface area contributed by atoms with Crippen LogP contribution in [0.2, 0.25) is 5.02 Å². The van der Waals surface area contributed by atoms with Crippen molar-refractivity contribution in [3.8, 4) is 22.8 Å². The predicted octanol–water partition coefficient (Wildman–Crippen LogP) is 5.79. The van der Waals surface area contributed by atoms with E-state index in [1.807, 2.05) is 72.8 Å². The van der Waals surface area contributed by atoms with Crippen LogP contribution in [0.15, 0.2) is 72.8 Å². The third kappa shape index (κ3) is 4.30. The summed E-state index contributed by atoms with van der Waals surface area (Å²) in [4.78, 5) is 12.4. The van der Waals surface area contributed by atoms with Gasteiger partial charge in [0.1, 0.15) is 6.61 Å². The van der Waals surface area contributed by atoms with Crippen molar-refractivity contribution < 1.29 is 14.3 Å². The van der Waals surface area contributed by atoms with Crippen molar-refractivity contribution in [1.82, 2.24) is 10.2 Å². The molecule has 0 saturated carbocycles. The highest BCUT2D eigenvalue weighted by atomic mass is 35.5. The van der Waals surface area contributed by atoms with Gasteiger partial charge in [0.15, 0.2) is 17.3 Å². The molecule has 3 aromatic carbocycles. The van der Waals surface area contributed by atoms with Gasteiger partial charge in [0.25, 0.3) is 0 Å². The highest BCUT2D eigenvalue weighted by Gasteiger charge is 2.32. The van der Waals surface area contributed by atoms with E-state index in [9.17, 15) is 4.79 Å². The van der Waals surface area contributed by atoms with Gasteiger partial charge in [-0.2, -0.15) is 5.10 Å². The number of ether oxygens (including phenoxy) is 2. The molecule has 1 aliphatic heterocycles. The Hall–Kier alpha value is -3.77. The lowest BCUT2D eigenvalue weighted by atomic mass is 9.84. The lowest BCUT2D eigenvalue weighted by Gasteiger charge is -2.24. The van der Waals surface area contributed by atoms with Gasteiger partial charge in [0, 0.05) is 22.9 Å². The zero-order chi connectivity index (χ0) is 22.8. The third-order valence-electron chi connectivity index (χ3n) is 5.76. The minimum absolute atomic E-state index is 0.0688. The first-order valence-electron chi connectivity index (χ1n) is 10.6. The molecule has 1 unspecified atom stereocenters. The highest BCUT2D eigenvalue weighted by Crippen LogP contribution is 2.43. The van der Waals surface area contributed by atoms with Crippen molar-refractivity contribution in [2.24, 2.45) is 0 Å². The third-order valence-corrected chi connectivity index (χ3v) is 6.01. The van der Waals surface area contributed by atoms with E-state index < -0.39 is 0 Å². The van der Waals surface area contributed by atoms with Crippen LogP contribution in [0.25, 0.3) is 11.3 Å². The molecule has 1 aromatic heterocycles. The Balaban J connectivity index is 1.47. The van der Waals surface area contributed by atoms with Crippen LogP contribution in [0.4, 0.5) is 5.82 Å². The van der Waals surface area contributed by atoms with Gasteiger partial charge in [0.2, 0.25) is 5.91 Å². The topological polar surface area (TPSA) is 76.2 Å². The normalized spacial score (nSPS) is 15.0. The summed E-state index contributed by atoms with van der Waals surface area (Å²) in [5.41, 5.74) is 4.85. The zero-order valence-electron chi connectivity index (χ0n) is 18.0. The summed E-state index contributed by atoms with van der Waals surface area (Å²) < 4.78 is 11.6. The molecule has 1 aliphatic rings. The molecule has 4 aromatic rings. The molecule has 5 rings (SSSR count). The summed E-state index contributed by atoms with van der Waals surface area (Å²) in [6.07, 6.45) is 0.320. The van der Waals surface area contributed by atoms with Crippen molar-refractivity contribution in [3.05, 3.63) is 94.5 Å². The predicted molar refractivity (Wildman–Crippen MR) is 128 cm³/mol. The number of carbonyl (C=O) groups is 1. The van der Waals surface area contributed by atoms with Gasteiger partial charge in [0.05, 0.1) is 12.8 Å². The van der Waals surface area contributed by atoms with Crippen molar-refractivity contribution in [2.75, 3.05) is 12.4 Å². The van der Waals surface area contributed by atoms with E-state index in [1.54, 1.807) is 7.11 Å². The maximum atomic E-state index is 12.4. The Bertz CT molecular complexity index is 1290. The molecular formula is C26H22ClN3O3. The second kappa shape index (κ2) is 9.00. The monoisotopic (exact) mass is 459 g/mol. The fourth-order valence-electron chi connectivity index (χ4n) is 4.13. The summed E-state index contributed by atoms with van der Waals surface area (Å²) in [6, 6.07) is 23.3. The number of amides is 1. The minimum atomic E-state index is -0.165. The molecule has 2 heterocycles. The number of carbonyl (C=O) groups excluding carboxylic acids is 1. The number of fused-ring (bicyclic) bond motifs is 1. The Morgan fingerprint density at radius 2 is 1.82 bits per heavy atom. The van der Waals surface area contributed by atoms with Gasteiger partial charge in [-0.25, -0.2) is 0 Å². The number of hydrogen-bond acceptors (Lipinski definition) is 4. The lowest BCUT2D eigenvalue weighted by molar-refractivity contribution is -0.116.